The minimum Gasteiger partial charge on any atom is -0.344 e. The van der Waals surface area contributed by atoms with Gasteiger partial charge in [-0.15, -0.1) is 6.42 Å². The van der Waals surface area contributed by atoms with Crippen molar-refractivity contribution in [3.8, 4) is 12.3 Å². The molecule has 1 aliphatic heterocycles. The first kappa shape index (κ1) is 18.3. The number of carbonyl (C=O) groups is 2. The Labute approximate surface area is 147 Å². The van der Waals surface area contributed by atoms with Gasteiger partial charge in [0, 0.05) is 26.2 Å². The SMILES string of the molecule is C#CCNC(=O)CN1CCN(CC(=O)Nc2ccccc2Cl)CC1. The number of halogens is 1. The molecule has 0 spiro atoms. The van der Waals surface area contributed by atoms with E-state index in [2.05, 4.69) is 21.5 Å². The average Bonchev–Trinajstić information content (AvgIpc) is 2.57. The van der Waals surface area contributed by atoms with E-state index in [1.807, 2.05) is 17.0 Å². The molecule has 0 bridgehead atoms. The average molecular weight is 349 g/mol. The molecule has 1 aliphatic rings. The molecule has 1 fully saturated rings. The second-order valence-electron chi connectivity index (χ2n) is 5.56. The molecule has 1 heterocycles. The van der Waals surface area contributed by atoms with Gasteiger partial charge in [-0.05, 0) is 12.1 Å². The van der Waals surface area contributed by atoms with E-state index in [1.165, 1.54) is 0 Å². The van der Waals surface area contributed by atoms with Gasteiger partial charge in [0.05, 0.1) is 30.3 Å². The van der Waals surface area contributed by atoms with Crippen LogP contribution in [0.15, 0.2) is 24.3 Å². The number of nitrogens with zero attached hydrogens (tertiary/aromatic N) is 2. The molecule has 0 aromatic heterocycles. The van der Waals surface area contributed by atoms with Gasteiger partial charge in [-0.1, -0.05) is 29.7 Å². The van der Waals surface area contributed by atoms with Crippen LogP contribution in [0.5, 0.6) is 0 Å². The van der Waals surface area contributed by atoms with Crippen LogP contribution in [0.1, 0.15) is 0 Å². The number of hydrogen-bond acceptors (Lipinski definition) is 4. The van der Waals surface area contributed by atoms with Gasteiger partial charge in [-0.2, -0.15) is 0 Å². The third kappa shape index (κ3) is 5.85. The van der Waals surface area contributed by atoms with Crippen molar-refractivity contribution in [1.82, 2.24) is 15.1 Å². The topological polar surface area (TPSA) is 64.7 Å². The Balaban J connectivity index is 1.71. The molecule has 2 N–H and O–H groups in total. The zero-order valence-electron chi connectivity index (χ0n) is 13.4. The number of anilines is 1. The first-order valence-electron chi connectivity index (χ1n) is 7.77. The van der Waals surface area contributed by atoms with Gasteiger partial charge in [-0.25, -0.2) is 0 Å². The van der Waals surface area contributed by atoms with Crippen LogP contribution < -0.4 is 10.6 Å². The smallest absolute Gasteiger partial charge is 0.238 e. The molecular weight excluding hydrogens is 328 g/mol. The molecular formula is C17H21ClN4O2. The normalized spacial score (nSPS) is 15.5. The number of amides is 2. The number of rotatable bonds is 6. The van der Waals surface area contributed by atoms with Crippen LogP contribution in [0.2, 0.25) is 5.02 Å². The van der Waals surface area contributed by atoms with Gasteiger partial charge in [0.15, 0.2) is 0 Å². The molecule has 1 saturated heterocycles. The maximum Gasteiger partial charge on any atom is 0.238 e. The van der Waals surface area contributed by atoms with Crippen molar-refractivity contribution in [1.29, 1.82) is 0 Å². The predicted octanol–water partition coefficient (Wildman–Crippen LogP) is 0.646. The lowest BCUT2D eigenvalue weighted by Crippen LogP contribution is -2.51. The number of hydrogen-bond donors (Lipinski definition) is 2. The molecule has 1 aromatic rings. The van der Waals surface area contributed by atoms with Gasteiger partial charge >= 0.3 is 0 Å². The van der Waals surface area contributed by atoms with E-state index in [-0.39, 0.29) is 18.4 Å². The Morgan fingerprint density at radius 2 is 1.67 bits per heavy atom. The minimum atomic E-state index is -0.0942. The standard InChI is InChI=1S/C17H21ClN4O2/c1-2-7-19-16(23)12-21-8-10-22(11-9-21)13-17(24)20-15-6-4-3-5-14(15)18/h1,3-6H,7-13H2,(H,19,23)(H,20,24). The fourth-order valence-corrected chi connectivity index (χ4v) is 2.65. The molecule has 128 valence electrons. The minimum absolute atomic E-state index is 0.0714. The zero-order valence-corrected chi connectivity index (χ0v) is 14.2. The van der Waals surface area contributed by atoms with E-state index in [4.69, 9.17) is 18.0 Å². The summed E-state index contributed by atoms with van der Waals surface area (Å²) in [5, 5.41) is 5.99. The Morgan fingerprint density at radius 1 is 1.08 bits per heavy atom. The summed E-state index contributed by atoms with van der Waals surface area (Å²) in [7, 11) is 0. The van der Waals surface area contributed by atoms with Gasteiger partial charge in [0.2, 0.25) is 11.8 Å². The first-order valence-corrected chi connectivity index (χ1v) is 8.15. The van der Waals surface area contributed by atoms with Crippen LogP contribution in [0.25, 0.3) is 0 Å². The van der Waals surface area contributed by atoms with E-state index in [9.17, 15) is 9.59 Å². The Morgan fingerprint density at radius 3 is 2.25 bits per heavy atom. The van der Waals surface area contributed by atoms with Crippen molar-refractivity contribution >= 4 is 29.1 Å². The molecule has 0 atom stereocenters. The molecule has 6 nitrogen and oxygen atoms in total. The van der Waals surface area contributed by atoms with E-state index in [0.717, 1.165) is 26.2 Å². The number of carbonyl (C=O) groups excluding carboxylic acids is 2. The Hall–Kier alpha value is -2.07. The maximum absolute atomic E-state index is 12.1. The second-order valence-corrected chi connectivity index (χ2v) is 5.97. The van der Waals surface area contributed by atoms with Crippen LogP contribution in [-0.2, 0) is 9.59 Å². The molecule has 2 amide bonds. The Kier molecular flexibility index (Phi) is 7.07. The van der Waals surface area contributed by atoms with Gasteiger partial charge in [0.25, 0.3) is 0 Å². The largest absolute Gasteiger partial charge is 0.344 e. The summed E-state index contributed by atoms with van der Waals surface area (Å²) < 4.78 is 0. The number of para-hydroxylation sites is 1. The number of terminal acetylenes is 1. The van der Waals surface area contributed by atoms with Crippen LogP contribution in [0, 0.1) is 12.3 Å². The van der Waals surface area contributed by atoms with E-state index >= 15 is 0 Å². The molecule has 0 unspecified atom stereocenters. The van der Waals surface area contributed by atoms with Crippen LogP contribution in [0.4, 0.5) is 5.69 Å². The second kappa shape index (κ2) is 9.28. The maximum atomic E-state index is 12.1. The summed E-state index contributed by atoms with van der Waals surface area (Å²) in [6.07, 6.45) is 5.11. The van der Waals surface area contributed by atoms with Crippen molar-refractivity contribution in [2.75, 3.05) is 51.1 Å². The van der Waals surface area contributed by atoms with Gasteiger partial charge in [-0.3, -0.25) is 19.4 Å². The summed E-state index contributed by atoms with van der Waals surface area (Å²) in [5.41, 5.74) is 0.619. The summed E-state index contributed by atoms with van der Waals surface area (Å²) in [5.74, 6) is 2.21. The highest BCUT2D eigenvalue weighted by atomic mass is 35.5. The van der Waals surface area contributed by atoms with Crippen molar-refractivity contribution in [3.05, 3.63) is 29.3 Å². The highest BCUT2D eigenvalue weighted by Gasteiger charge is 2.20. The molecule has 7 heteroatoms. The fraction of sp³-hybridized carbons (Fsp3) is 0.412. The lowest BCUT2D eigenvalue weighted by atomic mass is 10.3. The summed E-state index contributed by atoms with van der Waals surface area (Å²) in [4.78, 5) is 27.8. The van der Waals surface area contributed by atoms with Crippen molar-refractivity contribution in [3.63, 3.8) is 0 Å². The molecule has 1 aromatic carbocycles. The third-order valence-electron chi connectivity index (χ3n) is 3.73. The molecule has 0 radical (unpaired) electrons. The monoisotopic (exact) mass is 348 g/mol. The van der Waals surface area contributed by atoms with Crippen LogP contribution in [0.3, 0.4) is 0 Å². The van der Waals surface area contributed by atoms with Gasteiger partial charge < -0.3 is 10.6 Å². The number of nitrogens with one attached hydrogen (secondary N) is 2. The highest BCUT2D eigenvalue weighted by molar-refractivity contribution is 6.33. The Bertz CT molecular complexity index is 621. The number of piperazine rings is 1. The molecule has 24 heavy (non-hydrogen) atoms. The highest BCUT2D eigenvalue weighted by Crippen LogP contribution is 2.20. The van der Waals surface area contributed by atoms with Crippen molar-refractivity contribution < 1.29 is 9.59 Å². The zero-order chi connectivity index (χ0) is 17.4. The lowest BCUT2D eigenvalue weighted by molar-refractivity contribution is -0.123. The van der Waals surface area contributed by atoms with Crippen molar-refractivity contribution in [2.24, 2.45) is 0 Å². The summed E-state index contributed by atoms with van der Waals surface area (Å²) >= 11 is 6.03. The van der Waals surface area contributed by atoms with E-state index in [1.54, 1.807) is 12.1 Å². The van der Waals surface area contributed by atoms with E-state index < -0.39 is 0 Å². The third-order valence-corrected chi connectivity index (χ3v) is 4.06. The molecule has 0 aliphatic carbocycles. The molecule has 2 rings (SSSR count). The van der Waals surface area contributed by atoms with Crippen molar-refractivity contribution in [2.45, 2.75) is 0 Å². The number of benzene rings is 1. The van der Waals surface area contributed by atoms with Crippen LogP contribution >= 0.6 is 11.6 Å². The molecule has 0 saturated carbocycles. The summed E-state index contributed by atoms with van der Waals surface area (Å²) in [6, 6.07) is 7.15. The van der Waals surface area contributed by atoms with Crippen LogP contribution in [-0.4, -0.2) is 67.4 Å². The fourth-order valence-electron chi connectivity index (χ4n) is 2.47. The van der Waals surface area contributed by atoms with Gasteiger partial charge in [0.1, 0.15) is 0 Å². The predicted molar refractivity (Wildman–Crippen MR) is 94.8 cm³/mol. The lowest BCUT2D eigenvalue weighted by Gasteiger charge is -2.33. The first-order chi connectivity index (χ1) is 11.6. The summed E-state index contributed by atoms with van der Waals surface area (Å²) in [6.45, 7) is 3.84. The quantitative estimate of drug-likeness (QED) is 0.741. The van der Waals surface area contributed by atoms with E-state index in [0.29, 0.717) is 23.8 Å².